The van der Waals surface area contributed by atoms with Gasteiger partial charge in [0.25, 0.3) is 5.91 Å². The zero-order valence-electron chi connectivity index (χ0n) is 13.5. The van der Waals surface area contributed by atoms with E-state index in [4.69, 9.17) is 16.3 Å². The Morgan fingerprint density at radius 2 is 1.88 bits per heavy atom. The smallest absolute Gasteiger partial charge is 0.341 e. The van der Waals surface area contributed by atoms with Crippen molar-refractivity contribution < 1.29 is 14.3 Å². The van der Waals surface area contributed by atoms with Gasteiger partial charge in [0, 0.05) is 29.2 Å². The van der Waals surface area contributed by atoms with Crippen molar-refractivity contribution in [3.05, 3.63) is 53.2 Å². The minimum absolute atomic E-state index is 0.151. The summed E-state index contributed by atoms with van der Waals surface area (Å²) in [7, 11) is 0. The summed E-state index contributed by atoms with van der Waals surface area (Å²) >= 11 is 7.23. The van der Waals surface area contributed by atoms with Crippen LogP contribution in [0.3, 0.4) is 0 Å². The molecule has 0 unspecified atom stereocenters. The number of pyridine rings is 1. The fourth-order valence-electron chi connectivity index (χ4n) is 2.50. The van der Waals surface area contributed by atoms with Crippen LogP contribution in [-0.2, 0) is 9.53 Å². The molecule has 130 valence electrons. The number of likely N-dealkylation sites (tertiary alicyclic amines) is 1. The Kier molecular flexibility index (Phi) is 5.94. The fourth-order valence-corrected chi connectivity index (χ4v) is 3.50. The second-order valence-electron chi connectivity index (χ2n) is 5.58. The highest BCUT2D eigenvalue weighted by molar-refractivity contribution is 7.99. The summed E-state index contributed by atoms with van der Waals surface area (Å²) in [5, 5.41) is 1.17. The van der Waals surface area contributed by atoms with E-state index in [0.29, 0.717) is 15.6 Å². The number of hydrogen-bond donors (Lipinski definition) is 0. The van der Waals surface area contributed by atoms with Crippen LogP contribution in [0.4, 0.5) is 0 Å². The summed E-state index contributed by atoms with van der Waals surface area (Å²) < 4.78 is 5.20. The van der Waals surface area contributed by atoms with E-state index in [2.05, 4.69) is 4.98 Å². The first-order valence-corrected chi connectivity index (χ1v) is 9.16. The normalized spacial score (nSPS) is 13.7. The van der Waals surface area contributed by atoms with Gasteiger partial charge in [-0.05, 0) is 49.2 Å². The van der Waals surface area contributed by atoms with Crippen molar-refractivity contribution in [2.45, 2.75) is 22.8 Å². The van der Waals surface area contributed by atoms with E-state index in [-0.39, 0.29) is 12.5 Å². The van der Waals surface area contributed by atoms with Gasteiger partial charge in [0.2, 0.25) is 0 Å². The van der Waals surface area contributed by atoms with Crippen molar-refractivity contribution in [1.29, 1.82) is 0 Å². The third-order valence-corrected chi connectivity index (χ3v) is 5.08. The maximum atomic E-state index is 12.4. The molecule has 0 aliphatic carbocycles. The molecule has 0 saturated carbocycles. The van der Waals surface area contributed by atoms with Crippen molar-refractivity contribution in [1.82, 2.24) is 9.88 Å². The van der Waals surface area contributed by atoms with Crippen molar-refractivity contribution in [3.63, 3.8) is 0 Å². The Morgan fingerprint density at radius 3 is 2.60 bits per heavy atom. The number of carbonyl (C=O) groups is 2. The van der Waals surface area contributed by atoms with Crippen molar-refractivity contribution in [3.8, 4) is 0 Å². The molecule has 5 nitrogen and oxygen atoms in total. The van der Waals surface area contributed by atoms with Gasteiger partial charge in [-0.1, -0.05) is 23.4 Å². The summed E-state index contributed by atoms with van der Waals surface area (Å²) in [6, 6.07) is 10.6. The number of ether oxygens (including phenoxy) is 1. The van der Waals surface area contributed by atoms with E-state index in [1.54, 1.807) is 35.4 Å². The van der Waals surface area contributed by atoms with Gasteiger partial charge in [0.1, 0.15) is 5.03 Å². The maximum Gasteiger partial charge on any atom is 0.341 e. The standard InChI is InChI=1S/C18H17ClN2O3S/c19-13-5-7-14(8-6-13)25-17-15(4-3-9-20-17)18(23)24-12-16(22)21-10-1-2-11-21/h3-9H,1-2,10-12H2. The number of hydrogen-bond acceptors (Lipinski definition) is 5. The predicted molar refractivity (Wildman–Crippen MR) is 95.9 cm³/mol. The average molecular weight is 377 g/mol. The first kappa shape index (κ1) is 17.8. The van der Waals surface area contributed by atoms with Crippen LogP contribution < -0.4 is 0 Å². The molecule has 0 N–H and O–H groups in total. The number of rotatable bonds is 5. The minimum Gasteiger partial charge on any atom is -0.452 e. The lowest BCUT2D eigenvalue weighted by molar-refractivity contribution is -0.133. The number of carbonyl (C=O) groups excluding carboxylic acids is 2. The predicted octanol–water partition coefficient (Wildman–Crippen LogP) is 3.67. The summed E-state index contributed by atoms with van der Waals surface area (Å²) in [6.45, 7) is 1.24. The van der Waals surface area contributed by atoms with Crippen LogP contribution in [0.2, 0.25) is 5.02 Å². The SMILES string of the molecule is O=C(OCC(=O)N1CCCC1)c1cccnc1Sc1ccc(Cl)cc1. The fraction of sp³-hybridized carbons (Fsp3) is 0.278. The van der Waals surface area contributed by atoms with E-state index in [0.717, 1.165) is 30.8 Å². The van der Waals surface area contributed by atoms with Gasteiger partial charge in [-0.25, -0.2) is 9.78 Å². The van der Waals surface area contributed by atoms with Crippen molar-refractivity contribution in [2.24, 2.45) is 0 Å². The molecule has 25 heavy (non-hydrogen) atoms. The molecule has 0 spiro atoms. The third kappa shape index (κ3) is 4.74. The lowest BCUT2D eigenvalue weighted by atomic mass is 10.3. The Balaban J connectivity index is 1.65. The quantitative estimate of drug-likeness (QED) is 0.745. The summed E-state index contributed by atoms with van der Waals surface area (Å²) in [6.07, 6.45) is 3.62. The van der Waals surface area contributed by atoms with E-state index in [1.165, 1.54) is 11.8 Å². The molecule has 1 aliphatic rings. The second-order valence-corrected chi connectivity index (χ2v) is 7.07. The Hall–Kier alpha value is -2.05. The lowest BCUT2D eigenvalue weighted by Gasteiger charge is -2.15. The molecular formula is C18H17ClN2O3S. The molecule has 7 heteroatoms. The van der Waals surface area contributed by atoms with E-state index in [1.807, 2.05) is 12.1 Å². The van der Waals surface area contributed by atoms with Crippen LogP contribution in [0.25, 0.3) is 0 Å². The van der Waals surface area contributed by atoms with Gasteiger partial charge in [-0.3, -0.25) is 4.79 Å². The molecule has 0 atom stereocenters. The zero-order chi connectivity index (χ0) is 17.6. The van der Waals surface area contributed by atoms with Crippen LogP contribution in [0.15, 0.2) is 52.5 Å². The third-order valence-electron chi connectivity index (χ3n) is 3.80. The van der Waals surface area contributed by atoms with Gasteiger partial charge in [-0.15, -0.1) is 0 Å². The van der Waals surface area contributed by atoms with E-state index in [9.17, 15) is 9.59 Å². The Morgan fingerprint density at radius 1 is 1.16 bits per heavy atom. The van der Waals surface area contributed by atoms with Gasteiger partial charge in [0.05, 0.1) is 5.56 Å². The summed E-state index contributed by atoms with van der Waals surface area (Å²) in [5.74, 6) is -0.696. The topological polar surface area (TPSA) is 59.5 Å². The Bertz CT molecular complexity index is 761. The van der Waals surface area contributed by atoms with Crippen LogP contribution in [0.5, 0.6) is 0 Å². The summed E-state index contributed by atoms with van der Waals surface area (Å²) in [4.78, 5) is 31.3. The van der Waals surface area contributed by atoms with Crippen LogP contribution in [0.1, 0.15) is 23.2 Å². The maximum absolute atomic E-state index is 12.4. The molecule has 0 bridgehead atoms. The van der Waals surface area contributed by atoms with Gasteiger partial charge in [0.15, 0.2) is 6.61 Å². The number of halogens is 1. The lowest BCUT2D eigenvalue weighted by Crippen LogP contribution is -2.32. The number of amides is 1. The average Bonchev–Trinajstić information content (AvgIpc) is 3.16. The van der Waals surface area contributed by atoms with Gasteiger partial charge < -0.3 is 9.64 Å². The molecule has 1 aromatic heterocycles. The van der Waals surface area contributed by atoms with Crippen molar-refractivity contribution in [2.75, 3.05) is 19.7 Å². The highest BCUT2D eigenvalue weighted by atomic mass is 35.5. The van der Waals surface area contributed by atoms with Gasteiger partial charge in [-0.2, -0.15) is 0 Å². The summed E-state index contributed by atoms with van der Waals surface area (Å²) in [5.41, 5.74) is 0.344. The van der Waals surface area contributed by atoms with Crippen molar-refractivity contribution >= 4 is 35.2 Å². The second kappa shape index (κ2) is 8.36. The molecule has 1 amide bonds. The molecule has 1 aliphatic heterocycles. The van der Waals surface area contributed by atoms with Gasteiger partial charge >= 0.3 is 5.97 Å². The van der Waals surface area contributed by atoms with E-state index < -0.39 is 5.97 Å². The molecule has 3 rings (SSSR count). The minimum atomic E-state index is -0.544. The molecule has 1 saturated heterocycles. The zero-order valence-corrected chi connectivity index (χ0v) is 15.1. The highest BCUT2D eigenvalue weighted by Crippen LogP contribution is 2.29. The Labute approximate surface area is 155 Å². The monoisotopic (exact) mass is 376 g/mol. The number of benzene rings is 1. The van der Waals surface area contributed by atoms with Crippen LogP contribution >= 0.6 is 23.4 Å². The highest BCUT2D eigenvalue weighted by Gasteiger charge is 2.21. The number of esters is 1. The molecule has 1 aromatic carbocycles. The first-order valence-electron chi connectivity index (χ1n) is 7.97. The first-order chi connectivity index (χ1) is 12.1. The van der Waals surface area contributed by atoms with Crippen LogP contribution in [0, 0.1) is 0 Å². The molecule has 2 aromatic rings. The molecule has 2 heterocycles. The molecular weight excluding hydrogens is 360 g/mol. The van der Waals surface area contributed by atoms with E-state index >= 15 is 0 Å². The molecule has 1 fully saturated rings. The van der Waals surface area contributed by atoms with Crippen LogP contribution in [-0.4, -0.2) is 41.5 Å². The number of nitrogens with zero attached hydrogens (tertiary/aromatic N) is 2. The number of aromatic nitrogens is 1. The molecule has 0 radical (unpaired) electrons. The largest absolute Gasteiger partial charge is 0.452 e.